The van der Waals surface area contributed by atoms with Crippen molar-refractivity contribution in [2.45, 2.75) is 32.2 Å². The fourth-order valence-electron chi connectivity index (χ4n) is 2.63. The van der Waals surface area contributed by atoms with Gasteiger partial charge in [-0.2, -0.15) is 0 Å². The molecule has 3 nitrogen and oxygen atoms in total. The van der Waals surface area contributed by atoms with Crippen molar-refractivity contribution in [1.29, 1.82) is 0 Å². The Hall–Kier alpha value is -1.49. The van der Waals surface area contributed by atoms with Gasteiger partial charge in [-0.3, -0.25) is 4.79 Å². The fraction of sp³-hybridized carbons (Fsp3) is 0.533. The van der Waals surface area contributed by atoms with E-state index in [9.17, 15) is 13.6 Å². The molecule has 20 heavy (non-hydrogen) atoms. The molecule has 5 heteroatoms. The monoisotopic (exact) mass is 282 g/mol. The second kappa shape index (κ2) is 6.31. The van der Waals surface area contributed by atoms with Gasteiger partial charge in [0.05, 0.1) is 6.42 Å². The average molecular weight is 282 g/mol. The average Bonchev–Trinajstić information content (AvgIpc) is 2.43. The summed E-state index contributed by atoms with van der Waals surface area (Å²) in [6.07, 6.45) is 1.65. The molecule has 1 aliphatic heterocycles. The molecule has 1 saturated heterocycles. The minimum absolute atomic E-state index is 0.0908. The number of nitrogens with two attached hydrogens (primary N) is 1. The van der Waals surface area contributed by atoms with Crippen LogP contribution in [0.3, 0.4) is 0 Å². The molecular formula is C15H20F2N2O. The maximum Gasteiger partial charge on any atom is 0.227 e. The van der Waals surface area contributed by atoms with E-state index in [2.05, 4.69) is 0 Å². The van der Waals surface area contributed by atoms with Gasteiger partial charge in [-0.1, -0.05) is 0 Å². The smallest absolute Gasteiger partial charge is 0.227 e. The molecule has 1 heterocycles. The molecule has 0 radical (unpaired) electrons. The van der Waals surface area contributed by atoms with E-state index in [0.29, 0.717) is 19.0 Å². The van der Waals surface area contributed by atoms with E-state index in [1.54, 1.807) is 4.90 Å². The molecule has 1 aromatic carbocycles. The summed E-state index contributed by atoms with van der Waals surface area (Å²) in [4.78, 5) is 13.8. The fourth-order valence-corrected chi connectivity index (χ4v) is 2.63. The Morgan fingerprint density at radius 2 is 2.05 bits per heavy atom. The summed E-state index contributed by atoms with van der Waals surface area (Å²) in [6.45, 7) is 3.26. The number of halogens is 2. The lowest BCUT2D eigenvalue weighted by Gasteiger charge is -2.33. The highest BCUT2D eigenvalue weighted by atomic mass is 19.1. The second-order valence-corrected chi connectivity index (χ2v) is 5.49. The van der Waals surface area contributed by atoms with Gasteiger partial charge in [0.2, 0.25) is 5.91 Å². The van der Waals surface area contributed by atoms with Crippen molar-refractivity contribution in [3.05, 3.63) is 35.4 Å². The van der Waals surface area contributed by atoms with Crippen LogP contribution in [0.15, 0.2) is 18.2 Å². The van der Waals surface area contributed by atoms with Crippen molar-refractivity contribution in [2.75, 3.05) is 13.1 Å². The van der Waals surface area contributed by atoms with Gasteiger partial charge < -0.3 is 10.6 Å². The van der Waals surface area contributed by atoms with Gasteiger partial charge in [-0.15, -0.1) is 0 Å². The first-order chi connectivity index (χ1) is 9.47. The summed E-state index contributed by atoms with van der Waals surface area (Å²) in [5.74, 6) is -0.780. The summed E-state index contributed by atoms with van der Waals surface area (Å²) < 4.78 is 26.6. The quantitative estimate of drug-likeness (QED) is 0.922. The lowest BCUT2D eigenvalue weighted by molar-refractivity contribution is -0.132. The molecule has 110 valence electrons. The number of nitrogens with zero attached hydrogens (tertiary/aromatic N) is 1. The molecule has 1 aliphatic rings. The summed E-state index contributed by atoms with van der Waals surface area (Å²) in [7, 11) is 0. The number of hydrogen-bond acceptors (Lipinski definition) is 2. The van der Waals surface area contributed by atoms with Crippen molar-refractivity contribution >= 4 is 5.91 Å². The first-order valence-electron chi connectivity index (χ1n) is 6.94. The standard InChI is InChI=1S/C15H20F2N2O/c1-10(18)11-4-6-19(7-5-11)15(20)9-12-8-13(16)2-3-14(12)17/h2-3,8,10-11H,4-7,9,18H2,1H3. The Labute approximate surface area is 117 Å². The number of benzene rings is 1. The van der Waals surface area contributed by atoms with Crippen LogP contribution in [0, 0.1) is 17.6 Å². The first kappa shape index (κ1) is 14.9. The highest BCUT2D eigenvalue weighted by Gasteiger charge is 2.25. The van der Waals surface area contributed by atoms with Crippen molar-refractivity contribution < 1.29 is 13.6 Å². The number of piperidine rings is 1. The molecule has 1 amide bonds. The predicted octanol–water partition coefficient (Wildman–Crippen LogP) is 2.09. The zero-order chi connectivity index (χ0) is 14.7. The van der Waals surface area contributed by atoms with E-state index in [1.807, 2.05) is 6.92 Å². The van der Waals surface area contributed by atoms with Gasteiger partial charge in [0, 0.05) is 24.7 Å². The van der Waals surface area contributed by atoms with Crippen LogP contribution in [-0.2, 0) is 11.2 Å². The summed E-state index contributed by atoms with van der Waals surface area (Å²) in [5, 5.41) is 0. The van der Waals surface area contributed by atoms with Crippen LogP contribution in [-0.4, -0.2) is 29.9 Å². The molecule has 0 aromatic heterocycles. The Morgan fingerprint density at radius 1 is 1.40 bits per heavy atom. The Kier molecular flexibility index (Phi) is 4.70. The van der Waals surface area contributed by atoms with Crippen molar-refractivity contribution in [3.8, 4) is 0 Å². The SMILES string of the molecule is CC(N)C1CCN(C(=O)Cc2cc(F)ccc2F)CC1. The predicted molar refractivity (Wildman–Crippen MR) is 73.0 cm³/mol. The van der Waals surface area contributed by atoms with Crippen LogP contribution in [0.4, 0.5) is 8.78 Å². The zero-order valence-corrected chi connectivity index (χ0v) is 11.6. The van der Waals surface area contributed by atoms with Gasteiger partial charge >= 0.3 is 0 Å². The van der Waals surface area contributed by atoms with Crippen LogP contribution in [0.2, 0.25) is 0 Å². The summed E-state index contributed by atoms with van der Waals surface area (Å²) in [6, 6.07) is 3.33. The second-order valence-electron chi connectivity index (χ2n) is 5.49. The molecule has 1 aromatic rings. The maximum atomic E-state index is 13.5. The topological polar surface area (TPSA) is 46.3 Å². The number of likely N-dealkylation sites (tertiary alicyclic amines) is 1. The number of amides is 1. The number of rotatable bonds is 3. The number of carbonyl (C=O) groups excluding carboxylic acids is 1. The van der Waals surface area contributed by atoms with E-state index in [-0.39, 0.29) is 23.9 Å². The van der Waals surface area contributed by atoms with Crippen molar-refractivity contribution in [1.82, 2.24) is 4.90 Å². The van der Waals surface area contributed by atoms with E-state index < -0.39 is 11.6 Å². The van der Waals surface area contributed by atoms with Gasteiger partial charge in [0.15, 0.2) is 0 Å². The number of carbonyl (C=O) groups is 1. The molecule has 0 aliphatic carbocycles. The molecule has 0 saturated carbocycles. The van der Waals surface area contributed by atoms with Gasteiger partial charge in [-0.25, -0.2) is 8.78 Å². The van der Waals surface area contributed by atoms with Crippen LogP contribution in [0.1, 0.15) is 25.3 Å². The highest BCUT2D eigenvalue weighted by molar-refractivity contribution is 5.78. The van der Waals surface area contributed by atoms with Crippen molar-refractivity contribution in [3.63, 3.8) is 0 Å². The molecular weight excluding hydrogens is 262 g/mol. The van der Waals surface area contributed by atoms with Crippen molar-refractivity contribution in [2.24, 2.45) is 11.7 Å². The molecule has 1 unspecified atom stereocenters. The minimum atomic E-state index is -0.537. The molecule has 2 N–H and O–H groups in total. The van der Waals surface area contributed by atoms with Crippen LogP contribution < -0.4 is 5.73 Å². The Morgan fingerprint density at radius 3 is 2.65 bits per heavy atom. The maximum absolute atomic E-state index is 13.5. The Balaban J connectivity index is 1.94. The normalized spacial score (nSPS) is 18.1. The van der Waals surface area contributed by atoms with Gasteiger partial charge in [0.1, 0.15) is 11.6 Å². The lowest BCUT2D eigenvalue weighted by atomic mass is 9.91. The van der Waals surface area contributed by atoms with E-state index in [4.69, 9.17) is 5.73 Å². The molecule has 0 spiro atoms. The van der Waals surface area contributed by atoms with Crippen LogP contribution >= 0.6 is 0 Å². The first-order valence-corrected chi connectivity index (χ1v) is 6.94. The molecule has 0 bridgehead atoms. The number of hydrogen-bond donors (Lipinski definition) is 1. The van der Waals surface area contributed by atoms with Gasteiger partial charge in [0.25, 0.3) is 0 Å². The highest BCUT2D eigenvalue weighted by Crippen LogP contribution is 2.20. The third kappa shape index (κ3) is 3.54. The Bertz CT molecular complexity index is 483. The van der Waals surface area contributed by atoms with Crippen LogP contribution in [0.25, 0.3) is 0 Å². The summed E-state index contributed by atoms with van der Waals surface area (Å²) >= 11 is 0. The lowest BCUT2D eigenvalue weighted by Crippen LogP contribution is -2.43. The molecule has 1 atom stereocenters. The largest absolute Gasteiger partial charge is 0.342 e. The van der Waals surface area contributed by atoms with Crippen LogP contribution in [0.5, 0.6) is 0 Å². The third-order valence-electron chi connectivity index (χ3n) is 3.99. The third-order valence-corrected chi connectivity index (χ3v) is 3.99. The van der Waals surface area contributed by atoms with E-state index in [1.165, 1.54) is 0 Å². The molecule has 2 rings (SSSR count). The minimum Gasteiger partial charge on any atom is -0.342 e. The van der Waals surface area contributed by atoms with E-state index in [0.717, 1.165) is 31.0 Å². The van der Waals surface area contributed by atoms with E-state index >= 15 is 0 Å². The van der Waals surface area contributed by atoms with Gasteiger partial charge in [-0.05, 0) is 43.9 Å². The zero-order valence-electron chi connectivity index (χ0n) is 11.6. The summed E-state index contributed by atoms with van der Waals surface area (Å²) in [5.41, 5.74) is 5.97. The molecule has 1 fully saturated rings.